The topological polar surface area (TPSA) is 59.8 Å². The van der Waals surface area contributed by atoms with Gasteiger partial charge < -0.3 is 5.32 Å². The first-order chi connectivity index (χ1) is 15.4. The lowest BCUT2D eigenvalue weighted by Gasteiger charge is -2.08. The minimum absolute atomic E-state index is 0.0945. The molecule has 0 unspecified atom stereocenters. The molecule has 0 saturated carbocycles. The largest absolute Gasteiger partial charge is 0.325 e. The smallest absolute Gasteiger partial charge is 0.230 e. The lowest BCUT2D eigenvalue weighted by Crippen LogP contribution is -2.15. The van der Waals surface area contributed by atoms with Crippen LogP contribution in [-0.2, 0) is 24.1 Å². The second-order valence-corrected chi connectivity index (χ2v) is 8.56. The van der Waals surface area contributed by atoms with Gasteiger partial charge in [0.25, 0.3) is 0 Å². The fourth-order valence-corrected chi connectivity index (χ4v) is 4.58. The quantitative estimate of drug-likeness (QED) is 0.411. The summed E-state index contributed by atoms with van der Waals surface area (Å²) in [6, 6.07) is 14.4. The highest BCUT2D eigenvalue weighted by atomic mass is 32.1. The van der Waals surface area contributed by atoms with E-state index in [9.17, 15) is 9.18 Å². The van der Waals surface area contributed by atoms with Gasteiger partial charge in [-0.3, -0.25) is 4.79 Å². The minimum atomic E-state index is -0.241. The first kappa shape index (κ1) is 21.9. The Morgan fingerprint density at radius 2 is 1.97 bits per heavy atom. The molecule has 7 heteroatoms. The number of thiazole rings is 1. The number of benzene rings is 2. The molecule has 2 aromatic carbocycles. The number of carbonyl (C=O) groups excluding carboxylic acids is 1. The Balaban J connectivity index is 1.49. The van der Waals surface area contributed by atoms with Crippen molar-refractivity contribution in [3.8, 4) is 5.13 Å². The van der Waals surface area contributed by atoms with Crippen LogP contribution in [0.2, 0.25) is 0 Å². The summed E-state index contributed by atoms with van der Waals surface area (Å²) in [4.78, 5) is 17.2. The third-order valence-corrected chi connectivity index (χ3v) is 6.31. The number of rotatable bonds is 7. The highest BCUT2D eigenvalue weighted by molar-refractivity contribution is 7.12. The summed E-state index contributed by atoms with van der Waals surface area (Å²) in [6.45, 7) is 6.00. The lowest BCUT2D eigenvalue weighted by atomic mass is 10.0. The summed E-state index contributed by atoms with van der Waals surface area (Å²) >= 11 is 1.45. The van der Waals surface area contributed by atoms with Gasteiger partial charge in [0.2, 0.25) is 11.0 Å². The van der Waals surface area contributed by atoms with Crippen molar-refractivity contribution in [2.75, 3.05) is 5.32 Å². The Kier molecular flexibility index (Phi) is 6.46. The molecule has 164 valence electrons. The van der Waals surface area contributed by atoms with Crippen LogP contribution in [0.5, 0.6) is 0 Å². The molecule has 0 aliphatic heterocycles. The van der Waals surface area contributed by atoms with Gasteiger partial charge in [-0.05, 0) is 49.6 Å². The number of carbonyl (C=O) groups is 1. The summed E-state index contributed by atoms with van der Waals surface area (Å²) in [5.74, 6) is -0.336. The van der Waals surface area contributed by atoms with Crippen molar-refractivity contribution in [1.29, 1.82) is 0 Å². The summed E-state index contributed by atoms with van der Waals surface area (Å²) in [7, 11) is 0. The fourth-order valence-electron chi connectivity index (χ4n) is 3.75. The molecule has 2 heterocycles. The molecule has 0 fully saturated rings. The van der Waals surface area contributed by atoms with E-state index in [0.29, 0.717) is 17.2 Å². The van der Waals surface area contributed by atoms with Crippen LogP contribution in [-0.4, -0.2) is 20.7 Å². The Bertz CT molecular complexity index is 1260. The third-order valence-electron chi connectivity index (χ3n) is 5.45. The molecule has 4 aromatic rings. The van der Waals surface area contributed by atoms with E-state index in [2.05, 4.69) is 22.3 Å². The second kappa shape index (κ2) is 9.44. The maximum Gasteiger partial charge on any atom is 0.230 e. The highest BCUT2D eigenvalue weighted by Crippen LogP contribution is 2.24. The number of aryl methyl sites for hydroxylation is 2. The Morgan fingerprint density at radius 1 is 1.16 bits per heavy atom. The van der Waals surface area contributed by atoms with E-state index in [-0.39, 0.29) is 18.1 Å². The lowest BCUT2D eigenvalue weighted by molar-refractivity contribution is -0.115. The fraction of sp³-hybridized carbons (Fsp3) is 0.240. The molecule has 0 aliphatic rings. The molecule has 0 spiro atoms. The standard InChI is InChI=1S/C25H25FN4OS/c1-4-19-9-5-6-11-23(19)28-24(31)14-21-15-32-25(27-21)30-17(3)22(16(2)29-30)13-18-8-7-10-20(26)12-18/h5-12,15H,4,13-14H2,1-3H3,(H,28,31). The molecule has 5 nitrogen and oxygen atoms in total. The van der Waals surface area contributed by atoms with Gasteiger partial charge >= 0.3 is 0 Å². The number of halogens is 1. The van der Waals surface area contributed by atoms with E-state index in [1.165, 1.54) is 17.4 Å². The molecule has 0 radical (unpaired) electrons. The van der Waals surface area contributed by atoms with Gasteiger partial charge in [0, 0.05) is 28.7 Å². The highest BCUT2D eigenvalue weighted by Gasteiger charge is 2.17. The van der Waals surface area contributed by atoms with Crippen molar-refractivity contribution in [3.05, 3.63) is 93.5 Å². The zero-order chi connectivity index (χ0) is 22.7. The molecule has 0 aliphatic carbocycles. The molecule has 32 heavy (non-hydrogen) atoms. The predicted octanol–water partition coefficient (Wildman–Crippen LogP) is 5.42. The first-order valence-electron chi connectivity index (χ1n) is 10.6. The van der Waals surface area contributed by atoms with E-state index in [4.69, 9.17) is 0 Å². The normalized spacial score (nSPS) is 11.0. The Hall–Kier alpha value is -3.32. The SMILES string of the molecule is CCc1ccccc1NC(=O)Cc1csc(-n2nc(C)c(Cc3cccc(F)c3)c2C)n1. The number of amides is 1. The van der Waals surface area contributed by atoms with Crippen LogP contribution in [0.3, 0.4) is 0 Å². The summed E-state index contributed by atoms with van der Waals surface area (Å²) in [5, 5.41) is 10.2. The molecule has 2 aromatic heterocycles. The van der Waals surface area contributed by atoms with Gasteiger partial charge in [-0.15, -0.1) is 11.3 Å². The third kappa shape index (κ3) is 4.78. The molecular weight excluding hydrogens is 423 g/mol. The summed E-state index contributed by atoms with van der Waals surface area (Å²) in [5.41, 5.74) is 6.47. The monoisotopic (exact) mass is 448 g/mol. The van der Waals surface area contributed by atoms with Crippen LogP contribution in [0.15, 0.2) is 53.9 Å². The molecule has 0 bridgehead atoms. The van der Waals surface area contributed by atoms with Gasteiger partial charge in [-0.25, -0.2) is 14.1 Å². The Labute approximate surface area is 191 Å². The van der Waals surface area contributed by atoms with Crippen molar-refractivity contribution < 1.29 is 9.18 Å². The number of aromatic nitrogens is 3. The van der Waals surface area contributed by atoms with E-state index in [1.54, 1.807) is 12.1 Å². The number of anilines is 1. The molecule has 0 atom stereocenters. The number of hydrogen-bond acceptors (Lipinski definition) is 4. The zero-order valence-electron chi connectivity index (χ0n) is 18.4. The first-order valence-corrected chi connectivity index (χ1v) is 11.4. The van der Waals surface area contributed by atoms with Crippen LogP contribution in [0.25, 0.3) is 5.13 Å². The van der Waals surface area contributed by atoms with E-state index < -0.39 is 0 Å². The van der Waals surface area contributed by atoms with Crippen LogP contribution in [0.1, 0.15) is 40.7 Å². The van der Waals surface area contributed by atoms with Crippen LogP contribution >= 0.6 is 11.3 Å². The number of nitrogens with zero attached hydrogens (tertiary/aromatic N) is 3. The molecule has 4 rings (SSSR count). The number of hydrogen-bond donors (Lipinski definition) is 1. The average molecular weight is 449 g/mol. The van der Waals surface area contributed by atoms with Crippen molar-refractivity contribution in [2.24, 2.45) is 0 Å². The van der Waals surface area contributed by atoms with E-state index in [1.807, 2.05) is 54.2 Å². The van der Waals surface area contributed by atoms with E-state index >= 15 is 0 Å². The van der Waals surface area contributed by atoms with Crippen LogP contribution in [0.4, 0.5) is 10.1 Å². The van der Waals surface area contributed by atoms with Crippen molar-refractivity contribution in [2.45, 2.75) is 40.0 Å². The molecule has 0 saturated heterocycles. The van der Waals surface area contributed by atoms with Gasteiger partial charge in [-0.1, -0.05) is 37.3 Å². The second-order valence-electron chi connectivity index (χ2n) is 7.72. The van der Waals surface area contributed by atoms with Gasteiger partial charge in [0.15, 0.2) is 0 Å². The zero-order valence-corrected chi connectivity index (χ0v) is 19.2. The van der Waals surface area contributed by atoms with Crippen LogP contribution in [0, 0.1) is 19.7 Å². The van der Waals surface area contributed by atoms with Crippen molar-refractivity contribution in [3.63, 3.8) is 0 Å². The summed E-state index contributed by atoms with van der Waals surface area (Å²) < 4.78 is 15.4. The van der Waals surface area contributed by atoms with Crippen molar-refractivity contribution in [1.82, 2.24) is 14.8 Å². The molecular formula is C25H25FN4OS. The summed E-state index contributed by atoms with van der Waals surface area (Å²) in [6.07, 6.45) is 1.66. The Morgan fingerprint density at radius 3 is 2.75 bits per heavy atom. The minimum Gasteiger partial charge on any atom is -0.325 e. The van der Waals surface area contributed by atoms with Gasteiger partial charge in [0.05, 0.1) is 17.8 Å². The van der Waals surface area contributed by atoms with E-state index in [0.717, 1.165) is 40.2 Å². The number of para-hydroxylation sites is 1. The maximum absolute atomic E-state index is 13.6. The molecule has 1 N–H and O–H groups in total. The van der Waals surface area contributed by atoms with Gasteiger partial charge in [0.1, 0.15) is 5.82 Å². The predicted molar refractivity (Wildman–Crippen MR) is 126 cm³/mol. The average Bonchev–Trinajstić information content (AvgIpc) is 3.33. The maximum atomic E-state index is 13.6. The van der Waals surface area contributed by atoms with Crippen molar-refractivity contribution >= 4 is 22.9 Å². The number of nitrogens with one attached hydrogen (secondary N) is 1. The molecule has 1 amide bonds. The van der Waals surface area contributed by atoms with Crippen LogP contribution < -0.4 is 5.32 Å². The van der Waals surface area contributed by atoms with Gasteiger partial charge in [-0.2, -0.15) is 5.10 Å².